The van der Waals surface area contributed by atoms with Crippen molar-refractivity contribution in [2.45, 2.75) is 0 Å². The highest BCUT2D eigenvalue weighted by Crippen LogP contribution is 2.20. The maximum Gasteiger partial charge on any atom is 0.255 e. The molecule has 0 atom stereocenters. The average molecular weight is 267 g/mol. The standard InChI is InChI=1S/C13H8F3NO2/c14-9-3-1-7(5-10(9)15)13(19)17-8-2-4-12(18)11(16)6-8/h1-6,18H,(H,17,19). The number of nitrogens with one attached hydrogen (secondary N) is 1. The van der Waals surface area contributed by atoms with Crippen molar-refractivity contribution in [2.24, 2.45) is 0 Å². The van der Waals surface area contributed by atoms with E-state index >= 15 is 0 Å². The first kappa shape index (κ1) is 12.9. The Labute approximate surface area is 106 Å². The molecule has 0 bridgehead atoms. The molecule has 0 aliphatic carbocycles. The first-order valence-electron chi connectivity index (χ1n) is 5.22. The predicted molar refractivity (Wildman–Crippen MR) is 62.4 cm³/mol. The van der Waals surface area contributed by atoms with Crippen molar-refractivity contribution >= 4 is 11.6 Å². The lowest BCUT2D eigenvalue weighted by Gasteiger charge is -2.06. The molecule has 0 heterocycles. The van der Waals surface area contributed by atoms with Gasteiger partial charge >= 0.3 is 0 Å². The topological polar surface area (TPSA) is 49.3 Å². The molecule has 2 rings (SSSR count). The van der Waals surface area contributed by atoms with Crippen LogP contribution in [0.2, 0.25) is 0 Å². The molecular formula is C13H8F3NO2. The molecule has 2 aromatic carbocycles. The Morgan fingerprint density at radius 1 is 0.947 bits per heavy atom. The summed E-state index contributed by atoms with van der Waals surface area (Å²) in [5, 5.41) is 11.3. The van der Waals surface area contributed by atoms with Crippen LogP contribution in [0.5, 0.6) is 5.75 Å². The third-order valence-corrected chi connectivity index (χ3v) is 2.39. The molecule has 2 N–H and O–H groups in total. The van der Waals surface area contributed by atoms with Crippen LogP contribution in [0.4, 0.5) is 18.9 Å². The van der Waals surface area contributed by atoms with E-state index in [1.165, 1.54) is 6.07 Å². The number of anilines is 1. The van der Waals surface area contributed by atoms with Gasteiger partial charge in [0.1, 0.15) is 0 Å². The number of hydrogen-bond acceptors (Lipinski definition) is 2. The summed E-state index contributed by atoms with van der Waals surface area (Å²) in [5.41, 5.74) is -0.0163. The largest absolute Gasteiger partial charge is 0.505 e. The second-order valence-corrected chi connectivity index (χ2v) is 3.75. The van der Waals surface area contributed by atoms with Gasteiger partial charge in [-0.25, -0.2) is 13.2 Å². The normalized spacial score (nSPS) is 10.3. The van der Waals surface area contributed by atoms with Gasteiger partial charge in [0.05, 0.1) is 0 Å². The fourth-order valence-electron chi connectivity index (χ4n) is 1.43. The van der Waals surface area contributed by atoms with Crippen molar-refractivity contribution < 1.29 is 23.1 Å². The summed E-state index contributed by atoms with van der Waals surface area (Å²) in [6.07, 6.45) is 0. The minimum Gasteiger partial charge on any atom is -0.505 e. The SMILES string of the molecule is O=C(Nc1ccc(O)c(F)c1)c1ccc(F)c(F)c1. The highest BCUT2D eigenvalue weighted by Gasteiger charge is 2.11. The first-order valence-corrected chi connectivity index (χ1v) is 5.22. The van der Waals surface area contributed by atoms with Gasteiger partial charge in [-0.3, -0.25) is 4.79 Å². The highest BCUT2D eigenvalue weighted by atomic mass is 19.2. The molecule has 1 amide bonds. The summed E-state index contributed by atoms with van der Waals surface area (Å²) in [5.74, 6) is -4.38. The smallest absolute Gasteiger partial charge is 0.255 e. The van der Waals surface area contributed by atoms with Gasteiger partial charge in [-0.05, 0) is 30.3 Å². The molecule has 0 saturated heterocycles. The molecule has 98 valence electrons. The monoisotopic (exact) mass is 267 g/mol. The summed E-state index contributed by atoms with van der Waals surface area (Å²) >= 11 is 0. The molecule has 3 nitrogen and oxygen atoms in total. The van der Waals surface area contributed by atoms with Crippen LogP contribution in [0.15, 0.2) is 36.4 Å². The molecule has 2 aromatic rings. The van der Waals surface area contributed by atoms with Gasteiger partial charge in [0.15, 0.2) is 23.2 Å². The number of phenolic OH excluding ortho intramolecular Hbond substituents is 1. The van der Waals surface area contributed by atoms with Crippen LogP contribution in [-0.2, 0) is 0 Å². The minimum absolute atomic E-state index is 0.0880. The second kappa shape index (κ2) is 5.01. The lowest BCUT2D eigenvalue weighted by atomic mass is 10.2. The van der Waals surface area contributed by atoms with Crippen molar-refractivity contribution in [3.63, 3.8) is 0 Å². The number of hydrogen-bond donors (Lipinski definition) is 2. The van der Waals surface area contributed by atoms with Crippen LogP contribution in [0.25, 0.3) is 0 Å². The zero-order valence-corrected chi connectivity index (χ0v) is 9.45. The molecule has 0 radical (unpaired) electrons. The Morgan fingerprint density at radius 3 is 2.32 bits per heavy atom. The van der Waals surface area contributed by atoms with Gasteiger partial charge in [0, 0.05) is 17.3 Å². The lowest BCUT2D eigenvalue weighted by molar-refractivity contribution is 0.102. The number of rotatable bonds is 2. The van der Waals surface area contributed by atoms with Gasteiger partial charge in [-0.1, -0.05) is 0 Å². The van der Waals surface area contributed by atoms with Crippen LogP contribution in [-0.4, -0.2) is 11.0 Å². The van der Waals surface area contributed by atoms with E-state index in [0.717, 1.165) is 30.3 Å². The van der Waals surface area contributed by atoms with Crippen LogP contribution in [0.1, 0.15) is 10.4 Å². The summed E-state index contributed by atoms with van der Waals surface area (Å²) in [6.45, 7) is 0. The van der Waals surface area contributed by atoms with Gasteiger partial charge in [-0.2, -0.15) is 0 Å². The van der Waals surface area contributed by atoms with Gasteiger partial charge in [0.2, 0.25) is 0 Å². The number of halogens is 3. The number of phenols is 1. The number of aromatic hydroxyl groups is 1. The molecule has 19 heavy (non-hydrogen) atoms. The van der Waals surface area contributed by atoms with E-state index in [9.17, 15) is 18.0 Å². The van der Waals surface area contributed by atoms with E-state index in [4.69, 9.17) is 5.11 Å². The van der Waals surface area contributed by atoms with E-state index in [2.05, 4.69) is 5.32 Å². The Morgan fingerprint density at radius 2 is 1.68 bits per heavy atom. The Hall–Kier alpha value is -2.50. The highest BCUT2D eigenvalue weighted by molar-refractivity contribution is 6.04. The molecule has 0 aliphatic heterocycles. The first-order chi connectivity index (χ1) is 8.97. The van der Waals surface area contributed by atoms with Crippen molar-refractivity contribution in [2.75, 3.05) is 5.32 Å². The second-order valence-electron chi connectivity index (χ2n) is 3.75. The van der Waals surface area contributed by atoms with E-state index in [1.807, 2.05) is 0 Å². The summed E-state index contributed by atoms with van der Waals surface area (Å²) < 4.78 is 38.7. The minimum atomic E-state index is -1.15. The van der Waals surface area contributed by atoms with Gasteiger partial charge < -0.3 is 10.4 Å². The van der Waals surface area contributed by atoms with E-state index < -0.39 is 29.1 Å². The maximum atomic E-state index is 13.0. The average Bonchev–Trinajstić information content (AvgIpc) is 2.37. The van der Waals surface area contributed by atoms with Crippen molar-refractivity contribution in [1.29, 1.82) is 0 Å². The molecule has 0 aromatic heterocycles. The Kier molecular flexibility index (Phi) is 3.41. The Bertz CT molecular complexity index is 644. The van der Waals surface area contributed by atoms with Crippen LogP contribution >= 0.6 is 0 Å². The fraction of sp³-hybridized carbons (Fsp3) is 0. The van der Waals surface area contributed by atoms with E-state index in [0.29, 0.717) is 0 Å². The molecule has 0 fully saturated rings. The van der Waals surface area contributed by atoms with Crippen LogP contribution in [0.3, 0.4) is 0 Å². The Balaban J connectivity index is 2.20. The summed E-state index contributed by atoms with van der Waals surface area (Å²) in [4.78, 5) is 11.7. The molecule has 0 unspecified atom stereocenters. The van der Waals surface area contributed by atoms with E-state index in [1.54, 1.807) is 0 Å². The lowest BCUT2D eigenvalue weighted by Crippen LogP contribution is -2.12. The van der Waals surface area contributed by atoms with E-state index in [-0.39, 0.29) is 11.3 Å². The zero-order valence-electron chi connectivity index (χ0n) is 9.45. The molecule has 6 heteroatoms. The van der Waals surface area contributed by atoms with Crippen molar-refractivity contribution in [1.82, 2.24) is 0 Å². The predicted octanol–water partition coefficient (Wildman–Crippen LogP) is 3.06. The van der Waals surface area contributed by atoms with Crippen molar-refractivity contribution in [3.05, 3.63) is 59.4 Å². The zero-order chi connectivity index (χ0) is 14.0. The number of benzene rings is 2. The molecule has 0 aliphatic rings. The third kappa shape index (κ3) is 2.85. The molecule has 0 saturated carbocycles. The summed E-state index contributed by atoms with van der Waals surface area (Å²) in [6, 6.07) is 5.91. The van der Waals surface area contributed by atoms with Gasteiger partial charge in [0.25, 0.3) is 5.91 Å². The quantitative estimate of drug-likeness (QED) is 0.821. The number of carbonyl (C=O) groups is 1. The van der Waals surface area contributed by atoms with Gasteiger partial charge in [-0.15, -0.1) is 0 Å². The summed E-state index contributed by atoms with van der Waals surface area (Å²) in [7, 11) is 0. The molecular weight excluding hydrogens is 259 g/mol. The fourth-order valence-corrected chi connectivity index (χ4v) is 1.43. The maximum absolute atomic E-state index is 13.0. The molecule has 0 spiro atoms. The van der Waals surface area contributed by atoms with Crippen molar-refractivity contribution in [3.8, 4) is 5.75 Å². The third-order valence-electron chi connectivity index (χ3n) is 2.39. The van der Waals surface area contributed by atoms with Crippen LogP contribution < -0.4 is 5.32 Å². The van der Waals surface area contributed by atoms with Crippen LogP contribution in [0, 0.1) is 17.5 Å². The number of amides is 1. The number of carbonyl (C=O) groups excluding carboxylic acids is 1.